The van der Waals surface area contributed by atoms with Gasteiger partial charge in [-0.05, 0) is 49.2 Å². The zero-order valence-corrected chi connectivity index (χ0v) is 15.9. The van der Waals surface area contributed by atoms with Crippen LogP contribution in [0.4, 0.5) is 5.69 Å². The van der Waals surface area contributed by atoms with E-state index in [1.165, 1.54) is 13.2 Å². The summed E-state index contributed by atoms with van der Waals surface area (Å²) in [5.41, 5.74) is 3.36. The van der Waals surface area contributed by atoms with Gasteiger partial charge in [0.15, 0.2) is 6.61 Å². The molecule has 0 heterocycles. The molecule has 6 nitrogen and oxygen atoms in total. The SMILES string of the molecule is COc1ccc(C=CC(=O)OCC(=O)Nc2cc(C)ccc2C)c(OC)c1. The number of benzene rings is 2. The summed E-state index contributed by atoms with van der Waals surface area (Å²) < 4.78 is 15.4. The van der Waals surface area contributed by atoms with E-state index in [1.807, 2.05) is 32.0 Å². The molecule has 0 saturated carbocycles. The van der Waals surface area contributed by atoms with Crippen LogP contribution in [0.3, 0.4) is 0 Å². The molecular formula is C21H23NO5. The van der Waals surface area contributed by atoms with E-state index in [0.29, 0.717) is 22.7 Å². The Hall–Kier alpha value is -3.28. The molecule has 27 heavy (non-hydrogen) atoms. The normalized spacial score (nSPS) is 10.5. The first-order valence-corrected chi connectivity index (χ1v) is 8.37. The number of esters is 1. The summed E-state index contributed by atoms with van der Waals surface area (Å²) in [4.78, 5) is 23.8. The minimum Gasteiger partial charge on any atom is -0.497 e. The van der Waals surface area contributed by atoms with Crippen molar-refractivity contribution in [1.29, 1.82) is 0 Å². The van der Waals surface area contributed by atoms with E-state index < -0.39 is 11.9 Å². The number of aryl methyl sites for hydroxylation is 2. The minimum atomic E-state index is -0.621. The maximum atomic E-state index is 12.0. The Bertz CT molecular complexity index is 858. The van der Waals surface area contributed by atoms with Gasteiger partial charge in [-0.1, -0.05) is 12.1 Å². The smallest absolute Gasteiger partial charge is 0.331 e. The van der Waals surface area contributed by atoms with E-state index in [9.17, 15) is 9.59 Å². The number of amides is 1. The number of carbonyl (C=O) groups excluding carboxylic acids is 2. The molecule has 0 aliphatic carbocycles. The first-order valence-electron chi connectivity index (χ1n) is 8.37. The molecule has 0 fully saturated rings. The van der Waals surface area contributed by atoms with Gasteiger partial charge in [-0.2, -0.15) is 0 Å². The second kappa shape index (κ2) is 9.43. The van der Waals surface area contributed by atoms with Gasteiger partial charge in [0.1, 0.15) is 11.5 Å². The lowest BCUT2D eigenvalue weighted by Gasteiger charge is -2.09. The molecule has 1 N–H and O–H groups in total. The van der Waals surface area contributed by atoms with Gasteiger partial charge in [-0.25, -0.2) is 4.79 Å². The fourth-order valence-electron chi connectivity index (χ4n) is 2.36. The van der Waals surface area contributed by atoms with Crippen molar-refractivity contribution in [2.75, 3.05) is 26.1 Å². The van der Waals surface area contributed by atoms with E-state index in [2.05, 4.69) is 5.32 Å². The molecule has 2 aromatic rings. The third kappa shape index (κ3) is 5.88. The lowest BCUT2D eigenvalue weighted by Crippen LogP contribution is -2.20. The Kier molecular flexibility index (Phi) is 7.00. The Morgan fingerprint density at radius 2 is 1.81 bits per heavy atom. The Labute approximate surface area is 158 Å². The van der Waals surface area contributed by atoms with Gasteiger partial charge in [-0.15, -0.1) is 0 Å². The molecule has 2 aromatic carbocycles. The van der Waals surface area contributed by atoms with Crippen LogP contribution in [0.2, 0.25) is 0 Å². The molecule has 6 heteroatoms. The van der Waals surface area contributed by atoms with Crippen LogP contribution >= 0.6 is 0 Å². The van der Waals surface area contributed by atoms with E-state index in [-0.39, 0.29) is 6.61 Å². The van der Waals surface area contributed by atoms with Crippen LogP contribution in [0.5, 0.6) is 11.5 Å². The van der Waals surface area contributed by atoms with Crippen LogP contribution in [0.25, 0.3) is 6.08 Å². The van der Waals surface area contributed by atoms with Crippen molar-refractivity contribution < 1.29 is 23.8 Å². The minimum absolute atomic E-state index is 0.365. The number of anilines is 1. The Morgan fingerprint density at radius 1 is 1.04 bits per heavy atom. The van der Waals surface area contributed by atoms with E-state index in [1.54, 1.807) is 31.4 Å². The number of rotatable bonds is 7. The van der Waals surface area contributed by atoms with Gasteiger partial charge in [0.2, 0.25) is 0 Å². The highest BCUT2D eigenvalue weighted by atomic mass is 16.5. The first-order chi connectivity index (χ1) is 12.9. The zero-order chi connectivity index (χ0) is 19.8. The third-order valence-corrected chi connectivity index (χ3v) is 3.85. The molecule has 142 valence electrons. The van der Waals surface area contributed by atoms with Gasteiger partial charge < -0.3 is 19.5 Å². The zero-order valence-electron chi connectivity index (χ0n) is 15.9. The van der Waals surface area contributed by atoms with Crippen molar-refractivity contribution in [2.45, 2.75) is 13.8 Å². The van der Waals surface area contributed by atoms with Gasteiger partial charge in [-0.3, -0.25) is 4.79 Å². The van der Waals surface area contributed by atoms with E-state index in [0.717, 1.165) is 11.1 Å². The summed E-state index contributed by atoms with van der Waals surface area (Å²) in [7, 11) is 3.09. The summed E-state index contributed by atoms with van der Waals surface area (Å²) >= 11 is 0. The predicted octanol–water partition coefficient (Wildman–Crippen LogP) is 3.52. The second-order valence-corrected chi connectivity index (χ2v) is 5.92. The van der Waals surface area contributed by atoms with E-state index in [4.69, 9.17) is 14.2 Å². The highest BCUT2D eigenvalue weighted by Gasteiger charge is 2.08. The second-order valence-electron chi connectivity index (χ2n) is 5.92. The molecule has 0 unspecified atom stereocenters. The molecular weight excluding hydrogens is 346 g/mol. The Balaban J connectivity index is 1.91. The number of hydrogen-bond acceptors (Lipinski definition) is 5. The molecule has 0 aliphatic rings. The van der Waals surface area contributed by atoms with Gasteiger partial charge >= 0.3 is 5.97 Å². The summed E-state index contributed by atoms with van der Waals surface area (Å²) in [6.45, 7) is 3.47. The molecule has 0 atom stereocenters. The quantitative estimate of drug-likeness (QED) is 0.597. The van der Waals surface area contributed by atoms with Crippen LogP contribution < -0.4 is 14.8 Å². The lowest BCUT2D eigenvalue weighted by molar-refractivity contribution is -0.142. The van der Waals surface area contributed by atoms with Crippen molar-refractivity contribution in [3.05, 3.63) is 59.2 Å². The van der Waals surface area contributed by atoms with Gasteiger partial charge in [0.25, 0.3) is 5.91 Å². The monoisotopic (exact) mass is 369 g/mol. The topological polar surface area (TPSA) is 73.9 Å². The lowest BCUT2D eigenvalue weighted by atomic mass is 10.1. The average Bonchev–Trinajstić information content (AvgIpc) is 2.67. The summed E-state index contributed by atoms with van der Waals surface area (Å²) in [6.07, 6.45) is 2.80. The first kappa shape index (κ1) is 20.0. The Morgan fingerprint density at radius 3 is 2.52 bits per heavy atom. The van der Waals surface area contributed by atoms with Gasteiger partial charge in [0, 0.05) is 23.4 Å². The number of ether oxygens (including phenoxy) is 3. The standard InChI is InChI=1S/C21H23NO5/c1-14-5-6-15(2)18(11-14)22-20(23)13-27-21(24)10-8-16-7-9-17(25-3)12-19(16)26-4/h5-12H,13H2,1-4H3,(H,22,23). The number of hydrogen-bond donors (Lipinski definition) is 1. The summed E-state index contributed by atoms with van der Waals surface area (Å²) in [5, 5.41) is 2.74. The summed E-state index contributed by atoms with van der Waals surface area (Å²) in [6, 6.07) is 11.0. The third-order valence-electron chi connectivity index (χ3n) is 3.85. The number of nitrogens with one attached hydrogen (secondary N) is 1. The van der Waals surface area contributed by atoms with Crippen molar-refractivity contribution in [3.8, 4) is 11.5 Å². The maximum absolute atomic E-state index is 12.0. The number of methoxy groups -OCH3 is 2. The van der Waals surface area contributed by atoms with Crippen LogP contribution in [0, 0.1) is 13.8 Å². The molecule has 1 amide bonds. The number of carbonyl (C=O) groups is 2. The maximum Gasteiger partial charge on any atom is 0.331 e. The highest BCUT2D eigenvalue weighted by molar-refractivity contribution is 5.95. The van der Waals surface area contributed by atoms with Crippen LogP contribution in [-0.2, 0) is 14.3 Å². The van der Waals surface area contributed by atoms with Crippen molar-refractivity contribution in [3.63, 3.8) is 0 Å². The largest absolute Gasteiger partial charge is 0.497 e. The molecule has 0 saturated heterocycles. The highest BCUT2D eigenvalue weighted by Crippen LogP contribution is 2.25. The molecule has 0 aliphatic heterocycles. The average molecular weight is 369 g/mol. The molecule has 0 spiro atoms. The van der Waals surface area contributed by atoms with Crippen molar-refractivity contribution in [1.82, 2.24) is 0 Å². The van der Waals surface area contributed by atoms with E-state index >= 15 is 0 Å². The van der Waals surface area contributed by atoms with Crippen LogP contribution in [0.1, 0.15) is 16.7 Å². The van der Waals surface area contributed by atoms with Crippen molar-refractivity contribution >= 4 is 23.6 Å². The molecule has 0 radical (unpaired) electrons. The van der Waals surface area contributed by atoms with Gasteiger partial charge in [0.05, 0.1) is 14.2 Å². The van der Waals surface area contributed by atoms with Crippen LogP contribution in [-0.4, -0.2) is 32.7 Å². The van der Waals surface area contributed by atoms with Crippen molar-refractivity contribution in [2.24, 2.45) is 0 Å². The fraction of sp³-hybridized carbons (Fsp3) is 0.238. The molecule has 0 bridgehead atoms. The van der Waals surface area contributed by atoms with Crippen LogP contribution in [0.15, 0.2) is 42.5 Å². The summed E-state index contributed by atoms with van der Waals surface area (Å²) in [5.74, 6) is 0.192. The fourth-order valence-corrected chi connectivity index (χ4v) is 2.36. The molecule has 2 rings (SSSR count). The molecule has 0 aromatic heterocycles. The predicted molar refractivity (Wildman–Crippen MR) is 104 cm³/mol.